The van der Waals surface area contributed by atoms with Gasteiger partial charge in [-0.2, -0.15) is 0 Å². The maximum Gasteiger partial charge on any atom is 0.264 e. The normalized spacial score (nSPS) is 18.8. The number of hydrogen-bond donors (Lipinski definition) is 0. The van der Waals surface area contributed by atoms with Gasteiger partial charge in [0.1, 0.15) is 11.6 Å². The van der Waals surface area contributed by atoms with Crippen LogP contribution in [-0.2, 0) is 11.2 Å². The Morgan fingerprint density at radius 3 is 2.48 bits per heavy atom. The standard InChI is InChI=1S/C20H18ClFN2O3/c21-14-5-6-16(22)15(12-14)19(25)23-7-9-24(10-8-23)20(26)18-11-13-3-1-2-4-17(13)27-18/h1-6,12,18H,7-11H2. The number of amides is 2. The molecule has 0 aliphatic carbocycles. The van der Waals surface area contributed by atoms with Crippen LogP contribution < -0.4 is 4.74 Å². The van der Waals surface area contributed by atoms with Gasteiger partial charge in [0.2, 0.25) is 0 Å². The van der Waals surface area contributed by atoms with E-state index in [1.807, 2.05) is 24.3 Å². The number of benzene rings is 2. The summed E-state index contributed by atoms with van der Waals surface area (Å²) in [6, 6.07) is 11.5. The maximum atomic E-state index is 13.9. The maximum absolute atomic E-state index is 13.9. The predicted molar refractivity (Wildman–Crippen MR) is 98.5 cm³/mol. The van der Waals surface area contributed by atoms with Crippen molar-refractivity contribution in [1.82, 2.24) is 9.80 Å². The number of piperazine rings is 1. The van der Waals surface area contributed by atoms with Crippen LogP contribution in [0.15, 0.2) is 42.5 Å². The van der Waals surface area contributed by atoms with Gasteiger partial charge in [-0.15, -0.1) is 0 Å². The number of halogens is 2. The van der Waals surface area contributed by atoms with E-state index in [4.69, 9.17) is 16.3 Å². The molecule has 0 bridgehead atoms. The van der Waals surface area contributed by atoms with Gasteiger partial charge in [-0.3, -0.25) is 9.59 Å². The zero-order chi connectivity index (χ0) is 19.0. The quantitative estimate of drug-likeness (QED) is 0.795. The molecule has 0 spiro atoms. The fourth-order valence-corrected chi connectivity index (χ4v) is 3.66. The number of fused-ring (bicyclic) bond motifs is 1. The number of carbonyl (C=O) groups is 2. The molecule has 0 saturated carbocycles. The second kappa shape index (κ2) is 7.19. The minimum absolute atomic E-state index is 0.0446. The van der Waals surface area contributed by atoms with Crippen LogP contribution in [0, 0.1) is 5.82 Å². The van der Waals surface area contributed by atoms with Crippen LogP contribution in [0.4, 0.5) is 4.39 Å². The monoisotopic (exact) mass is 388 g/mol. The average Bonchev–Trinajstić information content (AvgIpc) is 3.13. The third-order valence-electron chi connectivity index (χ3n) is 4.96. The van der Waals surface area contributed by atoms with Crippen molar-refractivity contribution in [2.75, 3.05) is 26.2 Å². The van der Waals surface area contributed by atoms with Crippen molar-refractivity contribution in [3.05, 3.63) is 64.4 Å². The summed E-state index contributed by atoms with van der Waals surface area (Å²) >= 11 is 5.87. The Bertz CT molecular complexity index is 872. The first-order valence-corrected chi connectivity index (χ1v) is 9.18. The van der Waals surface area contributed by atoms with Crippen molar-refractivity contribution in [2.24, 2.45) is 0 Å². The summed E-state index contributed by atoms with van der Waals surface area (Å²) in [5.74, 6) is -0.333. The summed E-state index contributed by atoms with van der Waals surface area (Å²) in [6.45, 7) is 1.47. The Morgan fingerprint density at radius 2 is 1.74 bits per heavy atom. The van der Waals surface area contributed by atoms with E-state index in [1.165, 1.54) is 18.2 Å². The minimum atomic E-state index is -0.597. The molecule has 2 heterocycles. The van der Waals surface area contributed by atoms with E-state index in [1.54, 1.807) is 9.80 Å². The highest BCUT2D eigenvalue weighted by molar-refractivity contribution is 6.31. The summed E-state index contributed by atoms with van der Waals surface area (Å²) in [6.07, 6.45) is 0.0389. The first-order valence-electron chi connectivity index (χ1n) is 8.80. The van der Waals surface area contributed by atoms with Gasteiger partial charge in [0.05, 0.1) is 5.56 Å². The molecule has 4 rings (SSSR count). The van der Waals surface area contributed by atoms with E-state index in [0.717, 1.165) is 11.3 Å². The van der Waals surface area contributed by atoms with Crippen LogP contribution in [-0.4, -0.2) is 53.9 Å². The molecule has 2 aromatic rings. The molecule has 2 aliphatic rings. The minimum Gasteiger partial charge on any atom is -0.480 e. The number of nitrogens with zero attached hydrogens (tertiary/aromatic N) is 2. The van der Waals surface area contributed by atoms with Crippen molar-refractivity contribution in [3.63, 3.8) is 0 Å². The van der Waals surface area contributed by atoms with Crippen molar-refractivity contribution >= 4 is 23.4 Å². The summed E-state index contributed by atoms with van der Waals surface area (Å²) < 4.78 is 19.7. The van der Waals surface area contributed by atoms with E-state index in [9.17, 15) is 14.0 Å². The molecule has 1 atom stereocenters. The second-order valence-electron chi connectivity index (χ2n) is 6.66. The number of carbonyl (C=O) groups excluding carboxylic acids is 2. The lowest BCUT2D eigenvalue weighted by atomic mass is 10.1. The molecule has 7 heteroatoms. The largest absolute Gasteiger partial charge is 0.480 e. The van der Waals surface area contributed by atoms with Gasteiger partial charge in [-0.1, -0.05) is 29.8 Å². The lowest BCUT2D eigenvalue weighted by Gasteiger charge is -2.35. The summed E-state index contributed by atoms with van der Waals surface area (Å²) in [4.78, 5) is 28.5. The lowest BCUT2D eigenvalue weighted by Crippen LogP contribution is -2.53. The molecule has 2 aromatic carbocycles. The highest BCUT2D eigenvalue weighted by atomic mass is 35.5. The zero-order valence-electron chi connectivity index (χ0n) is 14.5. The van der Waals surface area contributed by atoms with E-state index < -0.39 is 17.8 Å². The molecule has 5 nitrogen and oxygen atoms in total. The highest BCUT2D eigenvalue weighted by Crippen LogP contribution is 2.29. The molecule has 1 unspecified atom stereocenters. The molecule has 140 valence electrons. The van der Waals surface area contributed by atoms with Gasteiger partial charge in [0.25, 0.3) is 11.8 Å². The Kier molecular flexibility index (Phi) is 4.74. The van der Waals surface area contributed by atoms with Gasteiger partial charge in [0.15, 0.2) is 6.10 Å². The summed E-state index contributed by atoms with van der Waals surface area (Å²) in [5, 5.41) is 0.312. The molecule has 0 aromatic heterocycles. The van der Waals surface area contributed by atoms with Crippen molar-refractivity contribution < 1.29 is 18.7 Å². The van der Waals surface area contributed by atoms with Crippen LogP contribution >= 0.6 is 11.6 Å². The fourth-order valence-electron chi connectivity index (χ4n) is 3.49. The molecular formula is C20H18ClFN2O3. The van der Waals surface area contributed by atoms with Gasteiger partial charge in [0, 0.05) is 37.6 Å². The molecule has 0 radical (unpaired) electrons. The van der Waals surface area contributed by atoms with Crippen LogP contribution in [0.25, 0.3) is 0 Å². The number of ether oxygens (including phenoxy) is 1. The smallest absolute Gasteiger partial charge is 0.264 e. The van der Waals surface area contributed by atoms with E-state index >= 15 is 0 Å². The third kappa shape index (κ3) is 3.49. The summed E-state index contributed by atoms with van der Waals surface area (Å²) in [5.41, 5.74) is 0.984. The van der Waals surface area contributed by atoms with E-state index in [0.29, 0.717) is 37.6 Å². The Labute approximate surface area is 161 Å². The van der Waals surface area contributed by atoms with Gasteiger partial charge >= 0.3 is 0 Å². The highest BCUT2D eigenvalue weighted by Gasteiger charge is 2.34. The number of hydrogen-bond acceptors (Lipinski definition) is 3. The summed E-state index contributed by atoms with van der Waals surface area (Å²) in [7, 11) is 0. The molecule has 0 N–H and O–H groups in total. The second-order valence-corrected chi connectivity index (χ2v) is 7.10. The lowest BCUT2D eigenvalue weighted by molar-refractivity contribution is -0.139. The molecule has 2 amide bonds. The Balaban J connectivity index is 1.37. The van der Waals surface area contributed by atoms with Gasteiger partial charge < -0.3 is 14.5 Å². The van der Waals surface area contributed by atoms with Crippen molar-refractivity contribution in [3.8, 4) is 5.75 Å². The topological polar surface area (TPSA) is 49.9 Å². The third-order valence-corrected chi connectivity index (χ3v) is 5.20. The van der Waals surface area contributed by atoms with Gasteiger partial charge in [-0.05, 0) is 29.8 Å². The molecule has 1 saturated heterocycles. The molecule has 1 fully saturated rings. The van der Waals surface area contributed by atoms with Crippen LogP contribution in [0.2, 0.25) is 5.02 Å². The fraction of sp³-hybridized carbons (Fsp3) is 0.300. The SMILES string of the molecule is O=C(c1cc(Cl)ccc1F)N1CCN(C(=O)C2Cc3ccccc3O2)CC1. The molecule has 2 aliphatic heterocycles. The van der Waals surface area contributed by atoms with E-state index in [-0.39, 0.29) is 11.5 Å². The van der Waals surface area contributed by atoms with Crippen LogP contribution in [0.3, 0.4) is 0 Å². The first-order chi connectivity index (χ1) is 13.0. The van der Waals surface area contributed by atoms with Crippen LogP contribution in [0.1, 0.15) is 15.9 Å². The molecular weight excluding hydrogens is 371 g/mol. The van der Waals surface area contributed by atoms with Gasteiger partial charge in [-0.25, -0.2) is 4.39 Å². The molecule has 27 heavy (non-hydrogen) atoms. The zero-order valence-corrected chi connectivity index (χ0v) is 15.3. The number of rotatable bonds is 2. The van der Waals surface area contributed by atoms with Crippen LogP contribution in [0.5, 0.6) is 5.75 Å². The first kappa shape index (κ1) is 17.8. The predicted octanol–water partition coefficient (Wildman–Crippen LogP) is 2.77. The van der Waals surface area contributed by atoms with E-state index in [2.05, 4.69) is 0 Å². The Hall–Kier alpha value is -2.60. The van der Waals surface area contributed by atoms with Crippen molar-refractivity contribution in [1.29, 1.82) is 0 Å². The van der Waals surface area contributed by atoms with Crippen molar-refractivity contribution in [2.45, 2.75) is 12.5 Å². The number of para-hydroxylation sites is 1. The average molecular weight is 389 g/mol. The Morgan fingerprint density at radius 1 is 1.04 bits per heavy atom.